The van der Waals surface area contributed by atoms with Gasteiger partial charge in [0.25, 0.3) is 0 Å². The fourth-order valence-electron chi connectivity index (χ4n) is 1.88. The molecule has 16 heavy (non-hydrogen) atoms. The molecule has 0 aromatic rings. The molecule has 0 fully saturated rings. The minimum Gasteiger partial charge on any atom is -1.00 e. The van der Waals surface area contributed by atoms with Crippen molar-refractivity contribution in [1.82, 2.24) is 0 Å². The summed E-state index contributed by atoms with van der Waals surface area (Å²) in [5.41, 5.74) is 0. The van der Waals surface area contributed by atoms with Gasteiger partial charge in [0, 0.05) is 13.8 Å². The molecule has 3 nitrogen and oxygen atoms in total. The SMILES string of the molecule is C=CC[N+](CC=C)(CC(C)=O)CC(C)=O.[Cl-]. The molecule has 0 aromatic carbocycles. The highest BCUT2D eigenvalue weighted by Crippen LogP contribution is 2.08. The van der Waals surface area contributed by atoms with Crippen molar-refractivity contribution in [2.45, 2.75) is 13.8 Å². The van der Waals surface area contributed by atoms with E-state index in [9.17, 15) is 9.59 Å². The first-order valence-corrected chi connectivity index (χ1v) is 5.01. The Kier molecular flexibility index (Phi) is 9.00. The van der Waals surface area contributed by atoms with Gasteiger partial charge >= 0.3 is 0 Å². The third-order valence-corrected chi connectivity index (χ3v) is 2.15. The number of rotatable bonds is 8. The van der Waals surface area contributed by atoms with E-state index < -0.39 is 0 Å². The van der Waals surface area contributed by atoms with Gasteiger partial charge in [0.1, 0.15) is 13.1 Å². The van der Waals surface area contributed by atoms with E-state index in [2.05, 4.69) is 13.2 Å². The molecule has 0 bridgehead atoms. The van der Waals surface area contributed by atoms with Crippen molar-refractivity contribution in [3.05, 3.63) is 25.3 Å². The zero-order valence-electron chi connectivity index (χ0n) is 10.0. The van der Waals surface area contributed by atoms with Crippen LogP contribution in [0, 0.1) is 0 Å². The van der Waals surface area contributed by atoms with Gasteiger partial charge < -0.3 is 16.9 Å². The molecule has 0 aliphatic carbocycles. The summed E-state index contributed by atoms with van der Waals surface area (Å²) in [4.78, 5) is 22.4. The summed E-state index contributed by atoms with van der Waals surface area (Å²) >= 11 is 0. The second kappa shape index (κ2) is 8.25. The second-order valence-electron chi connectivity index (χ2n) is 4.00. The van der Waals surface area contributed by atoms with Crippen molar-refractivity contribution in [2.24, 2.45) is 0 Å². The van der Waals surface area contributed by atoms with E-state index in [1.807, 2.05) is 0 Å². The predicted octanol–water partition coefficient (Wildman–Crippen LogP) is -1.64. The molecule has 0 N–H and O–H groups in total. The van der Waals surface area contributed by atoms with Crippen molar-refractivity contribution < 1.29 is 26.5 Å². The van der Waals surface area contributed by atoms with Crippen molar-refractivity contribution in [3.8, 4) is 0 Å². The number of nitrogens with zero attached hydrogens (tertiary/aromatic N) is 1. The molecule has 0 rings (SSSR count). The maximum atomic E-state index is 11.2. The van der Waals surface area contributed by atoms with Crippen LogP contribution in [0.25, 0.3) is 0 Å². The number of hydrogen-bond donors (Lipinski definition) is 0. The first-order chi connectivity index (χ1) is 6.95. The molecule has 0 saturated heterocycles. The Labute approximate surface area is 104 Å². The third kappa shape index (κ3) is 6.53. The van der Waals surface area contributed by atoms with Crippen LogP contribution in [0.4, 0.5) is 0 Å². The van der Waals surface area contributed by atoms with E-state index in [4.69, 9.17) is 0 Å². The van der Waals surface area contributed by atoms with Gasteiger partial charge in [-0.25, -0.2) is 0 Å². The van der Waals surface area contributed by atoms with Crippen LogP contribution >= 0.6 is 0 Å². The molecule has 0 aliphatic rings. The molecule has 0 amide bonds. The smallest absolute Gasteiger partial charge is 0.183 e. The van der Waals surface area contributed by atoms with Gasteiger partial charge in [0.2, 0.25) is 0 Å². The zero-order chi connectivity index (χ0) is 11.9. The second-order valence-corrected chi connectivity index (χ2v) is 4.00. The highest BCUT2D eigenvalue weighted by Gasteiger charge is 2.27. The Morgan fingerprint density at radius 3 is 1.50 bits per heavy atom. The summed E-state index contributed by atoms with van der Waals surface area (Å²) in [7, 11) is 0. The Bertz CT molecular complexity index is 246. The molecule has 0 unspecified atom stereocenters. The molecule has 0 radical (unpaired) electrons. The molecule has 4 heteroatoms. The fourth-order valence-corrected chi connectivity index (χ4v) is 1.88. The van der Waals surface area contributed by atoms with Crippen LogP contribution in [-0.2, 0) is 9.59 Å². The van der Waals surface area contributed by atoms with Crippen LogP contribution in [0.2, 0.25) is 0 Å². The number of hydrogen-bond acceptors (Lipinski definition) is 2. The normalized spacial score (nSPS) is 10.1. The summed E-state index contributed by atoms with van der Waals surface area (Å²) in [6, 6.07) is 0. The molecule has 0 saturated carbocycles. The highest BCUT2D eigenvalue weighted by atomic mass is 35.5. The van der Waals surface area contributed by atoms with E-state index >= 15 is 0 Å². The van der Waals surface area contributed by atoms with E-state index in [0.717, 1.165) is 0 Å². The number of carbonyl (C=O) groups excluding carboxylic acids is 2. The molecule has 92 valence electrons. The topological polar surface area (TPSA) is 34.1 Å². The van der Waals surface area contributed by atoms with Crippen molar-refractivity contribution >= 4 is 11.6 Å². The Hall–Kier alpha value is -0.930. The Morgan fingerprint density at radius 1 is 1.00 bits per heavy atom. The molecular weight excluding hydrogens is 226 g/mol. The van der Waals surface area contributed by atoms with Gasteiger partial charge in [-0.1, -0.05) is 13.2 Å². The van der Waals surface area contributed by atoms with Gasteiger partial charge in [0.05, 0.1) is 13.1 Å². The van der Waals surface area contributed by atoms with Crippen molar-refractivity contribution in [1.29, 1.82) is 0 Å². The summed E-state index contributed by atoms with van der Waals surface area (Å²) in [5.74, 6) is 0.167. The summed E-state index contributed by atoms with van der Waals surface area (Å²) in [5, 5.41) is 0. The van der Waals surface area contributed by atoms with Crippen molar-refractivity contribution in [3.63, 3.8) is 0 Å². The lowest BCUT2D eigenvalue weighted by molar-refractivity contribution is -0.901. The number of ketones is 2. The van der Waals surface area contributed by atoms with E-state index in [-0.39, 0.29) is 24.0 Å². The maximum Gasteiger partial charge on any atom is 0.183 e. The van der Waals surface area contributed by atoms with Crippen LogP contribution < -0.4 is 12.4 Å². The summed E-state index contributed by atoms with van der Waals surface area (Å²) in [6.07, 6.45) is 3.49. The molecule has 0 heterocycles. The average Bonchev–Trinajstić information content (AvgIpc) is 2.01. The quantitative estimate of drug-likeness (QED) is 0.380. The standard InChI is InChI=1S/C12H20NO2.ClH/c1-5-7-13(8-6-2,9-11(3)14)10-12(4)15;/h5-6H,1-2,7-10H2,3-4H3;1H/q+1;/p-1. The largest absolute Gasteiger partial charge is 1.00 e. The number of halogens is 1. The van der Waals surface area contributed by atoms with Gasteiger partial charge in [0.15, 0.2) is 11.6 Å². The first kappa shape index (κ1) is 17.5. The predicted molar refractivity (Wildman–Crippen MR) is 61.5 cm³/mol. The maximum absolute atomic E-state index is 11.2. The average molecular weight is 246 g/mol. The Balaban J connectivity index is 0. The van der Waals surface area contributed by atoms with Crippen LogP contribution in [0.5, 0.6) is 0 Å². The summed E-state index contributed by atoms with van der Waals surface area (Å²) < 4.78 is 0.414. The third-order valence-electron chi connectivity index (χ3n) is 2.15. The lowest BCUT2D eigenvalue weighted by Crippen LogP contribution is -3.00. The van der Waals surface area contributed by atoms with Gasteiger partial charge in [-0.3, -0.25) is 9.59 Å². The molecular formula is C12H20ClNO2. The number of carbonyl (C=O) groups is 2. The van der Waals surface area contributed by atoms with E-state index in [0.29, 0.717) is 30.7 Å². The van der Waals surface area contributed by atoms with Crippen LogP contribution in [0.15, 0.2) is 25.3 Å². The van der Waals surface area contributed by atoms with Gasteiger partial charge in [-0.2, -0.15) is 0 Å². The lowest BCUT2D eigenvalue weighted by Gasteiger charge is -2.35. The number of Topliss-reactive ketones (excluding diaryl/α,β-unsaturated/α-hetero) is 2. The zero-order valence-corrected chi connectivity index (χ0v) is 10.8. The van der Waals surface area contributed by atoms with Gasteiger partial charge in [-0.05, 0) is 12.2 Å². The lowest BCUT2D eigenvalue weighted by atomic mass is 10.2. The van der Waals surface area contributed by atoms with E-state index in [1.165, 1.54) is 0 Å². The fraction of sp³-hybridized carbons (Fsp3) is 0.500. The monoisotopic (exact) mass is 245 g/mol. The van der Waals surface area contributed by atoms with Crippen LogP contribution in [-0.4, -0.2) is 42.2 Å². The van der Waals surface area contributed by atoms with Crippen LogP contribution in [0.3, 0.4) is 0 Å². The van der Waals surface area contributed by atoms with Gasteiger partial charge in [-0.15, -0.1) is 0 Å². The Morgan fingerprint density at radius 2 is 1.31 bits per heavy atom. The van der Waals surface area contributed by atoms with Crippen LogP contribution in [0.1, 0.15) is 13.8 Å². The molecule has 0 spiro atoms. The minimum atomic E-state index is 0. The first-order valence-electron chi connectivity index (χ1n) is 5.01. The summed E-state index contributed by atoms with van der Waals surface area (Å²) in [6.45, 7) is 12.4. The molecule has 0 aromatic heterocycles. The minimum absolute atomic E-state index is 0. The number of quaternary nitrogens is 1. The molecule has 0 aliphatic heterocycles. The van der Waals surface area contributed by atoms with E-state index in [1.54, 1.807) is 26.0 Å². The molecule has 0 atom stereocenters. The van der Waals surface area contributed by atoms with Crippen molar-refractivity contribution in [2.75, 3.05) is 26.2 Å². The highest BCUT2D eigenvalue weighted by molar-refractivity contribution is 5.79.